The molecule has 0 aliphatic rings. The van der Waals surface area contributed by atoms with E-state index < -0.39 is 0 Å². The van der Waals surface area contributed by atoms with Gasteiger partial charge in [-0.15, -0.1) is 0 Å². The quantitative estimate of drug-likeness (QED) is 0.284. The molecule has 0 aliphatic carbocycles. The van der Waals surface area contributed by atoms with Crippen molar-refractivity contribution in [3.8, 4) is 6.19 Å². The minimum absolute atomic E-state index is 0.305. The van der Waals surface area contributed by atoms with Crippen LogP contribution in [0.25, 0.3) is 0 Å². The number of benzene rings is 1. The highest BCUT2D eigenvalue weighted by molar-refractivity contribution is 14.2. The van der Waals surface area contributed by atoms with Gasteiger partial charge in [0.25, 0.3) is 0 Å². The van der Waals surface area contributed by atoms with E-state index in [1.165, 1.54) is 21.1 Å². The lowest BCUT2D eigenvalue weighted by atomic mass is 10.3. The average Bonchev–Trinajstić information content (AvgIpc) is 2.20. The lowest BCUT2D eigenvalue weighted by Crippen LogP contribution is -2.11. The van der Waals surface area contributed by atoms with Crippen molar-refractivity contribution in [1.29, 1.82) is 5.26 Å². The normalized spacial score (nSPS) is 10.8. The van der Waals surface area contributed by atoms with E-state index in [4.69, 9.17) is 5.26 Å². The molecule has 14 heavy (non-hydrogen) atoms. The smallest absolute Gasteiger partial charge is 0.185 e. The van der Waals surface area contributed by atoms with Gasteiger partial charge in [0.05, 0.1) is 5.69 Å². The zero-order valence-electron chi connectivity index (χ0n) is 6.87. The number of rotatable bonds is 1. The van der Waals surface area contributed by atoms with Gasteiger partial charge in [0.15, 0.2) is 11.4 Å². The largest absolute Gasteiger partial charge is 0.271 e. The van der Waals surface area contributed by atoms with E-state index in [0.29, 0.717) is 10.9 Å². The summed E-state index contributed by atoms with van der Waals surface area (Å²) in [6, 6.07) is 5.73. The Balaban J connectivity index is 2.84. The highest BCUT2D eigenvalue weighted by Crippen LogP contribution is 2.18. The van der Waals surface area contributed by atoms with E-state index in [-0.39, 0.29) is 5.82 Å². The van der Waals surface area contributed by atoms with E-state index in [9.17, 15) is 4.39 Å². The number of halogens is 2. The second-order valence-corrected chi connectivity index (χ2v) is 4.07. The van der Waals surface area contributed by atoms with Gasteiger partial charge in [-0.2, -0.15) is 5.26 Å². The van der Waals surface area contributed by atoms with E-state index in [1.807, 2.05) is 21.2 Å². The molecule has 1 aromatic carbocycles. The fourth-order valence-electron chi connectivity index (χ4n) is 0.745. The molecule has 1 rings (SSSR count). The molecule has 72 valence electrons. The van der Waals surface area contributed by atoms with E-state index in [2.05, 4.69) is 10.3 Å². The molecule has 0 spiro atoms. The topological polar surface area (TPSA) is 48.2 Å². The van der Waals surface area contributed by atoms with E-state index >= 15 is 0 Å². The molecule has 0 heterocycles. The third kappa shape index (κ3) is 3.51. The Kier molecular flexibility index (Phi) is 4.69. The molecule has 0 unspecified atom stereocenters. The molecule has 0 saturated carbocycles. The molecule has 0 bridgehead atoms. The van der Waals surface area contributed by atoms with Crippen LogP contribution in [0.5, 0.6) is 0 Å². The first-order chi connectivity index (χ1) is 6.76. The van der Waals surface area contributed by atoms with Gasteiger partial charge < -0.3 is 0 Å². The van der Waals surface area contributed by atoms with Gasteiger partial charge in [0, 0.05) is 21.2 Å². The molecule has 0 aromatic heterocycles. The molecule has 0 saturated heterocycles. The molecular weight excluding hydrogens is 316 g/mol. The van der Waals surface area contributed by atoms with Crippen molar-refractivity contribution in [3.63, 3.8) is 0 Å². The minimum Gasteiger partial charge on any atom is -0.271 e. The minimum atomic E-state index is -0.305. The molecule has 0 atom stereocenters. The van der Waals surface area contributed by atoms with Gasteiger partial charge in [-0.05, 0) is 33.2 Å². The third-order valence-electron chi connectivity index (χ3n) is 1.29. The maximum atomic E-state index is 12.5. The van der Waals surface area contributed by atoms with Gasteiger partial charge >= 0.3 is 0 Å². The van der Waals surface area contributed by atoms with Gasteiger partial charge in [0.2, 0.25) is 0 Å². The summed E-state index contributed by atoms with van der Waals surface area (Å²) in [5, 5.41) is 11.3. The Morgan fingerprint density at radius 1 is 1.50 bits per heavy atom. The Hall–Kier alpha value is -0.810. The van der Waals surface area contributed by atoms with Crippen molar-refractivity contribution in [1.82, 2.24) is 5.32 Å². The van der Waals surface area contributed by atoms with Gasteiger partial charge in [-0.25, -0.2) is 9.38 Å². The van der Waals surface area contributed by atoms with Gasteiger partial charge in [-0.1, -0.05) is 0 Å². The number of nitrogens with one attached hydrogen (secondary N) is 1. The number of aliphatic imine (C=N–C) groups is 1. The van der Waals surface area contributed by atoms with Crippen molar-refractivity contribution < 1.29 is 4.39 Å². The monoisotopic (exact) mass is 321 g/mol. The van der Waals surface area contributed by atoms with Crippen molar-refractivity contribution in [2.24, 2.45) is 4.99 Å². The SMILES string of the molecule is N#CNC(=Nc1ccc(F)cc1)SI. The Morgan fingerprint density at radius 2 is 2.14 bits per heavy atom. The predicted octanol–water partition coefficient (Wildman–Crippen LogP) is 2.97. The van der Waals surface area contributed by atoms with Gasteiger partial charge in [0.1, 0.15) is 5.82 Å². The zero-order valence-corrected chi connectivity index (χ0v) is 9.84. The summed E-state index contributed by atoms with van der Waals surface area (Å²) in [5.41, 5.74) is 0.605. The highest BCUT2D eigenvalue weighted by Gasteiger charge is 1.97. The summed E-state index contributed by atoms with van der Waals surface area (Å²) in [6.45, 7) is 0. The Labute approximate surface area is 97.0 Å². The summed E-state index contributed by atoms with van der Waals surface area (Å²) in [6.07, 6.45) is 1.77. The number of amidine groups is 1. The molecule has 3 nitrogen and oxygen atoms in total. The maximum absolute atomic E-state index is 12.5. The molecule has 0 amide bonds. The average molecular weight is 321 g/mol. The third-order valence-corrected chi connectivity index (χ3v) is 2.88. The fourth-order valence-corrected chi connectivity index (χ4v) is 1.60. The summed E-state index contributed by atoms with van der Waals surface area (Å²) in [4.78, 5) is 4.08. The first kappa shape index (κ1) is 11.3. The van der Waals surface area contributed by atoms with Crippen LogP contribution < -0.4 is 5.32 Å². The summed E-state index contributed by atoms with van der Waals surface area (Å²) in [5.74, 6) is -0.305. The molecule has 6 heteroatoms. The van der Waals surface area contributed by atoms with Crippen LogP contribution in [0.2, 0.25) is 0 Å². The summed E-state index contributed by atoms with van der Waals surface area (Å²) in [7, 11) is 1.29. The van der Waals surface area contributed by atoms with E-state index in [1.54, 1.807) is 18.3 Å². The number of nitriles is 1. The molecule has 0 radical (unpaired) electrons. The lowest BCUT2D eigenvalue weighted by Gasteiger charge is -1.97. The van der Waals surface area contributed by atoms with Crippen LogP contribution in [0.3, 0.4) is 0 Å². The maximum Gasteiger partial charge on any atom is 0.185 e. The Morgan fingerprint density at radius 3 is 2.64 bits per heavy atom. The molecular formula is C8H5FIN3S. The highest BCUT2D eigenvalue weighted by atomic mass is 127. The second kappa shape index (κ2) is 5.82. The summed E-state index contributed by atoms with van der Waals surface area (Å²) >= 11 is 2.00. The molecule has 0 aliphatic heterocycles. The van der Waals surface area contributed by atoms with E-state index in [0.717, 1.165) is 0 Å². The number of hydrogen-bond acceptors (Lipinski definition) is 3. The van der Waals surface area contributed by atoms with Crippen molar-refractivity contribution in [3.05, 3.63) is 30.1 Å². The zero-order chi connectivity index (χ0) is 10.4. The number of nitrogens with zero attached hydrogens (tertiary/aromatic N) is 2. The Bertz CT molecular complexity index is 371. The summed E-state index contributed by atoms with van der Waals surface area (Å²) < 4.78 is 12.5. The fraction of sp³-hybridized carbons (Fsp3) is 0. The van der Waals surface area contributed by atoms with Crippen molar-refractivity contribution in [2.75, 3.05) is 0 Å². The van der Waals surface area contributed by atoms with Crippen LogP contribution in [0, 0.1) is 17.3 Å². The van der Waals surface area contributed by atoms with Crippen molar-refractivity contribution in [2.45, 2.75) is 0 Å². The lowest BCUT2D eigenvalue weighted by molar-refractivity contribution is 0.628. The standard InChI is InChI=1S/C8H5FIN3S/c9-6-1-3-7(4-2-6)13-8(14-10)12-5-11/h1-4H,(H,12,13). The molecule has 1 aromatic rings. The predicted molar refractivity (Wildman–Crippen MR) is 63.9 cm³/mol. The number of hydrogen-bond donors (Lipinski definition) is 1. The molecule has 1 N–H and O–H groups in total. The van der Waals surface area contributed by atoms with Crippen LogP contribution in [0.15, 0.2) is 29.3 Å². The molecule has 0 fully saturated rings. The van der Waals surface area contributed by atoms with Crippen LogP contribution in [0.4, 0.5) is 10.1 Å². The first-order valence-corrected chi connectivity index (χ1v) is 6.90. The van der Waals surface area contributed by atoms with Gasteiger partial charge in [-0.3, -0.25) is 5.32 Å². The second-order valence-electron chi connectivity index (χ2n) is 2.21. The van der Waals surface area contributed by atoms with Crippen LogP contribution in [-0.2, 0) is 0 Å². The van der Waals surface area contributed by atoms with Crippen LogP contribution in [-0.4, -0.2) is 5.17 Å². The van der Waals surface area contributed by atoms with Crippen LogP contribution >= 0.6 is 30.1 Å². The first-order valence-electron chi connectivity index (χ1n) is 3.54. The van der Waals surface area contributed by atoms with Crippen LogP contribution in [0.1, 0.15) is 0 Å². The van der Waals surface area contributed by atoms with Crippen molar-refractivity contribution >= 4 is 41.0 Å².